The highest BCUT2D eigenvalue weighted by Crippen LogP contribution is 2.50. The van der Waals surface area contributed by atoms with Crippen LogP contribution >= 0.6 is 0 Å². The Bertz CT molecular complexity index is 212. The van der Waals surface area contributed by atoms with E-state index in [0.29, 0.717) is 0 Å². The molecule has 1 N–H and O–H groups in total. The van der Waals surface area contributed by atoms with Crippen molar-refractivity contribution in [1.82, 2.24) is 0 Å². The number of hydrogen-bond donors (Lipinski definition) is 1. The minimum Gasteiger partial charge on any atom is -0.411 e. The Morgan fingerprint density at radius 3 is 3.00 bits per heavy atom. The van der Waals surface area contributed by atoms with E-state index in [0.717, 1.165) is 18.1 Å². The van der Waals surface area contributed by atoms with E-state index in [1.807, 2.05) is 0 Å². The lowest BCUT2D eigenvalue weighted by Crippen LogP contribution is -2.31. The molecular weight excluding hydrogens is 150 g/mol. The molecule has 2 nitrogen and oxygen atoms in total. The summed E-state index contributed by atoms with van der Waals surface area (Å²) in [6.07, 6.45) is 7.53. The number of hydrogen-bond acceptors (Lipinski definition) is 2. The summed E-state index contributed by atoms with van der Waals surface area (Å²) in [7, 11) is 0. The zero-order valence-electron chi connectivity index (χ0n) is 7.71. The highest BCUT2D eigenvalue weighted by atomic mass is 16.4. The molecule has 0 heterocycles. The van der Waals surface area contributed by atoms with Gasteiger partial charge in [-0.3, -0.25) is 0 Å². The third-order valence-corrected chi connectivity index (χ3v) is 3.91. The van der Waals surface area contributed by atoms with Crippen molar-refractivity contribution in [3.63, 3.8) is 0 Å². The molecule has 0 amide bonds. The van der Waals surface area contributed by atoms with E-state index in [1.165, 1.54) is 32.1 Å². The fourth-order valence-electron chi connectivity index (χ4n) is 3.01. The summed E-state index contributed by atoms with van der Waals surface area (Å²) in [5, 5.41) is 12.3. The van der Waals surface area contributed by atoms with Gasteiger partial charge in [0.1, 0.15) is 0 Å². The fourth-order valence-corrected chi connectivity index (χ4v) is 3.01. The second-order valence-electron chi connectivity index (χ2n) is 4.45. The van der Waals surface area contributed by atoms with Crippen molar-refractivity contribution in [1.29, 1.82) is 0 Å². The van der Waals surface area contributed by atoms with Crippen LogP contribution in [0.2, 0.25) is 0 Å². The molecule has 2 atom stereocenters. The largest absolute Gasteiger partial charge is 0.411 e. The van der Waals surface area contributed by atoms with Gasteiger partial charge in [0, 0.05) is 5.41 Å². The van der Waals surface area contributed by atoms with Gasteiger partial charge in [-0.1, -0.05) is 24.9 Å². The van der Waals surface area contributed by atoms with Crippen molar-refractivity contribution in [3.8, 4) is 0 Å². The Balaban J connectivity index is 2.25. The van der Waals surface area contributed by atoms with E-state index >= 15 is 0 Å². The molecule has 12 heavy (non-hydrogen) atoms. The molecule has 2 rings (SSSR count). The van der Waals surface area contributed by atoms with E-state index in [2.05, 4.69) is 12.1 Å². The maximum Gasteiger partial charge on any atom is 0.0632 e. The lowest BCUT2D eigenvalue weighted by Gasteiger charge is -2.35. The van der Waals surface area contributed by atoms with Crippen LogP contribution in [0.3, 0.4) is 0 Å². The molecular formula is C10H17NO. The first kappa shape index (κ1) is 8.09. The van der Waals surface area contributed by atoms with Crippen LogP contribution < -0.4 is 0 Å². The van der Waals surface area contributed by atoms with Crippen molar-refractivity contribution in [3.05, 3.63) is 0 Å². The van der Waals surface area contributed by atoms with Crippen LogP contribution in [-0.2, 0) is 0 Å². The fraction of sp³-hybridized carbons (Fsp3) is 0.900. The molecule has 0 radical (unpaired) electrons. The van der Waals surface area contributed by atoms with Crippen LogP contribution in [0.15, 0.2) is 5.16 Å². The quantitative estimate of drug-likeness (QED) is 0.436. The summed E-state index contributed by atoms with van der Waals surface area (Å²) in [6.45, 7) is 2.28. The van der Waals surface area contributed by atoms with Crippen LogP contribution in [0.4, 0.5) is 0 Å². The van der Waals surface area contributed by atoms with E-state index in [-0.39, 0.29) is 5.41 Å². The molecule has 2 aliphatic rings. The molecule has 0 aliphatic heterocycles. The maximum atomic E-state index is 8.86. The molecule has 0 saturated heterocycles. The first-order valence-corrected chi connectivity index (χ1v) is 4.99. The minimum atomic E-state index is 0.257. The first-order chi connectivity index (χ1) is 5.77. The lowest BCUT2D eigenvalue weighted by atomic mass is 9.69. The highest BCUT2D eigenvalue weighted by molar-refractivity contribution is 5.91. The first-order valence-electron chi connectivity index (χ1n) is 4.99. The second-order valence-corrected chi connectivity index (χ2v) is 4.45. The molecule has 0 aromatic rings. The average Bonchev–Trinajstić information content (AvgIpc) is 2.41. The number of nitrogens with zero attached hydrogens (tertiary/aromatic N) is 1. The van der Waals surface area contributed by atoms with Crippen LogP contribution in [-0.4, -0.2) is 10.9 Å². The molecule has 2 aliphatic carbocycles. The van der Waals surface area contributed by atoms with E-state index < -0.39 is 0 Å². The minimum absolute atomic E-state index is 0.257. The average molecular weight is 167 g/mol. The number of fused-ring (bicyclic) bond motifs is 1. The molecule has 0 spiro atoms. The van der Waals surface area contributed by atoms with Crippen molar-refractivity contribution >= 4 is 5.71 Å². The van der Waals surface area contributed by atoms with Gasteiger partial charge in [-0.15, -0.1) is 0 Å². The Morgan fingerprint density at radius 1 is 1.42 bits per heavy atom. The topological polar surface area (TPSA) is 32.6 Å². The Labute approximate surface area is 73.7 Å². The van der Waals surface area contributed by atoms with Crippen LogP contribution in [0.25, 0.3) is 0 Å². The Kier molecular flexibility index (Phi) is 1.85. The van der Waals surface area contributed by atoms with E-state index in [1.54, 1.807) is 0 Å². The molecule has 2 saturated carbocycles. The summed E-state index contributed by atoms with van der Waals surface area (Å²) >= 11 is 0. The molecule has 2 fully saturated rings. The normalized spacial score (nSPS) is 44.8. The van der Waals surface area contributed by atoms with Crippen molar-refractivity contribution < 1.29 is 5.21 Å². The van der Waals surface area contributed by atoms with Gasteiger partial charge < -0.3 is 5.21 Å². The van der Waals surface area contributed by atoms with E-state index in [9.17, 15) is 0 Å². The van der Waals surface area contributed by atoms with Gasteiger partial charge in [0.2, 0.25) is 0 Å². The van der Waals surface area contributed by atoms with Gasteiger partial charge in [0.05, 0.1) is 5.71 Å². The van der Waals surface area contributed by atoms with Crippen LogP contribution in [0, 0.1) is 11.3 Å². The van der Waals surface area contributed by atoms with Crippen molar-refractivity contribution in [2.45, 2.75) is 45.4 Å². The predicted octanol–water partition coefficient (Wildman–Crippen LogP) is 2.81. The van der Waals surface area contributed by atoms with Gasteiger partial charge in [-0.05, 0) is 31.6 Å². The van der Waals surface area contributed by atoms with Crippen LogP contribution in [0.1, 0.15) is 45.4 Å². The lowest BCUT2D eigenvalue weighted by molar-refractivity contribution is 0.205. The zero-order valence-corrected chi connectivity index (χ0v) is 7.71. The van der Waals surface area contributed by atoms with Gasteiger partial charge in [0.25, 0.3) is 0 Å². The van der Waals surface area contributed by atoms with Crippen molar-refractivity contribution in [2.75, 3.05) is 0 Å². The molecule has 0 aromatic heterocycles. The molecule has 0 aromatic carbocycles. The Morgan fingerprint density at radius 2 is 2.25 bits per heavy atom. The van der Waals surface area contributed by atoms with Gasteiger partial charge in [0.15, 0.2) is 0 Å². The summed E-state index contributed by atoms with van der Waals surface area (Å²) < 4.78 is 0. The highest BCUT2D eigenvalue weighted by Gasteiger charge is 2.45. The van der Waals surface area contributed by atoms with Gasteiger partial charge >= 0.3 is 0 Å². The summed E-state index contributed by atoms with van der Waals surface area (Å²) in [5.41, 5.74) is 1.32. The summed E-state index contributed by atoms with van der Waals surface area (Å²) in [5.74, 6) is 0.803. The Hall–Kier alpha value is -0.530. The molecule has 0 bridgehead atoms. The molecule has 2 heteroatoms. The smallest absolute Gasteiger partial charge is 0.0632 e. The second kappa shape index (κ2) is 2.75. The third-order valence-electron chi connectivity index (χ3n) is 3.91. The summed E-state index contributed by atoms with van der Waals surface area (Å²) in [6, 6.07) is 0. The molecule has 68 valence electrons. The number of oxime groups is 1. The molecule has 0 unspecified atom stereocenters. The SMILES string of the molecule is C[C@]12CCCC[C@H]1CC/C2=N\O. The monoisotopic (exact) mass is 167 g/mol. The van der Waals surface area contributed by atoms with Gasteiger partial charge in [-0.25, -0.2) is 0 Å². The summed E-state index contributed by atoms with van der Waals surface area (Å²) in [4.78, 5) is 0. The van der Waals surface area contributed by atoms with E-state index in [4.69, 9.17) is 5.21 Å². The standard InChI is InChI=1S/C10H17NO/c1-10-7-3-2-4-8(10)5-6-9(10)11-12/h8,12H,2-7H2,1H3/b11-9+/t8-,10-/m0/s1. The van der Waals surface area contributed by atoms with Crippen molar-refractivity contribution in [2.24, 2.45) is 16.5 Å². The van der Waals surface area contributed by atoms with Gasteiger partial charge in [-0.2, -0.15) is 0 Å². The third kappa shape index (κ3) is 0.970. The van der Waals surface area contributed by atoms with Crippen LogP contribution in [0.5, 0.6) is 0 Å². The number of rotatable bonds is 0. The maximum absolute atomic E-state index is 8.86. The predicted molar refractivity (Wildman–Crippen MR) is 48.5 cm³/mol. The zero-order chi connectivity index (χ0) is 8.60.